The monoisotopic (exact) mass is 340 g/mol. The number of rotatable bonds is 3. The van der Waals surface area contributed by atoms with E-state index >= 15 is 0 Å². The summed E-state index contributed by atoms with van der Waals surface area (Å²) in [5, 5.41) is 9.91. The number of nitrogens with zero attached hydrogens (tertiary/aromatic N) is 1. The molecule has 2 N–H and O–H groups in total. The molecule has 0 unspecified atom stereocenters. The Kier molecular flexibility index (Phi) is 4.23. The number of piperidine rings is 1. The first kappa shape index (κ1) is 15.8. The molecule has 1 saturated heterocycles. The number of H-pyrrole nitrogens is 1. The quantitative estimate of drug-likeness (QED) is 0.890. The number of aromatic amines is 1. The number of likely N-dealkylation sites (tertiary alicyclic amines) is 1. The van der Waals surface area contributed by atoms with Crippen molar-refractivity contribution in [1.82, 2.24) is 9.88 Å². The normalized spacial score (nSPS) is 17.4. The maximum atomic E-state index is 12.6. The van der Waals surface area contributed by atoms with E-state index in [0.29, 0.717) is 11.6 Å². The van der Waals surface area contributed by atoms with Crippen LogP contribution in [0.4, 0.5) is 0 Å². The zero-order valence-corrected chi connectivity index (χ0v) is 14.4. The molecule has 3 heterocycles. The van der Waals surface area contributed by atoms with Crippen LogP contribution in [0.15, 0.2) is 12.1 Å². The van der Waals surface area contributed by atoms with Gasteiger partial charge in [-0.15, -0.1) is 11.3 Å². The zero-order valence-electron chi connectivity index (χ0n) is 12.9. The molecule has 0 bridgehead atoms. The van der Waals surface area contributed by atoms with Crippen LogP contribution in [0.1, 0.15) is 43.6 Å². The van der Waals surface area contributed by atoms with Crippen molar-refractivity contribution in [3.05, 3.63) is 22.2 Å². The van der Waals surface area contributed by atoms with E-state index in [-0.39, 0.29) is 5.91 Å². The minimum Gasteiger partial charge on any atom is -0.390 e. The summed E-state index contributed by atoms with van der Waals surface area (Å²) >= 11 is 7.44. The van der Waals surface area contributed by atoms with Crippen molar-refractivity contribution in [3.63, 3.8) is 0 Å². The second-order valence-electron chi connectivity index (χ2n) is 6.76. The second kappa shape index (κ2) is 5.87. The highest BCUT2D eigenvalue weighted by molar-refractivity contribution is 7.22. The van der Waals surface area contributed by atoms with E-state index < -0.39 is 5.60 Å². The number of aliphatic hydroxyl groups is 1. The minimum atomic E-state index is -0.625. The van der Waals surface area contributed by atoms with Crippen LogP contribution in [0, 0.1) is 5.92 Å². The van der Waals surface area contributed by atoms with Gasteiger partial charge in [-0.05, 0) is 51.2 Å². The molecular formula is C16H21ClN2O2S. The number of fused-ring (bicyclic) bond motifs is 1. The number of aromatic nitrogens is 1. The summed E-state index contributed by atoms with van der Waals surface area (Å²) in [5.74, 6) is 0.552. The molecule has 0 spiro atoms. The lowest BCUT2D eigenvalue weighted by Gasteiger charge is -2.34. The number of amides is 1. The van der Waals surface area contributed by atoms with Crippen molar-refractivity contribution in [1.29, 1.82) is 0 Å². The van der Waals surface area contributed by atoms with E-state index in [1.54, 1.807) is 0 Å². The summed E-state index contributed by atoms with van der Waals surface area (Å²) < 4.78 is 1.75. The summed E-state index contributed by atoms with van der Waals surface area (Å²) in [7, 11) is 0. The Morgan fingerprint density at radius 1 is 1.45 bits per heavy atom. The summed E-state index contributed by atoms with van der Waals surface area (Å²) in [4.78, 5) is 17.6. The molecule has 2 aromatic heterocycles. The molecule has 4 nitrogen and oxygen atoms in total. The van der Waals surface area contributed by atoms with Gasteiger partial charge in [0.1, 0.15) is 5.69 Å². The third kappa shape index (κ3) is 3.47. The van der Waals surface area contributed by atoms with Crippen molar-refractivity contribution in [2.45, 2.75) is 38.7 Å². The lowest BCUT2D eigenvalue weighted by Crippen LogP contribution is -2.40. The minimum absolute atomic E-state index is 0.0567. The number of nitrogens with one attached hydrogen (secondary N) is 1. The molecule has 0 aromatic carbocycles. The average Bonchev–Trinajstić information content (AvgIpc) is 2.94. The standard InChI is InChI=1S/C16H21ClN2O2S/c1-16(2,21)9-10-3-5-19(6-4-10)15(20)12-7-13-11(18-12)8-14(17)22-13/h7-8,10,18,21H,3-6,9H2,1-2H3. The van der Waals surface area contributed by atoms with Gasteiger partial charge in [0.25, 0.3) is 5.91 Å². The summed E-state index contributed by atoms with van der Waals surface area (Å²) in [5.41, 5.74) is 0.939. The summed E-state index contributed by atoms with van der Waals surface area (Å²) in [6, 6.07) is 3.74. The number of carbonyl (C=O) groups is 1. The van der Waals surface area contributed by atoms with E-state index in [2.05, 4.69) is 4.98 Å². The first-order valence-corrected chi connectivity index (χ1v) is 8.81. The van der Waals surface area contributed by atoms with Gasteiger partial charge >= 0.3 is 0 Å². The van der Waals surface area contributed by atoms with Gasteiger partial charge < -0.3 is 15.0 Å². The number of hydrogen-bond acceptors (Lipinski definition) is 3. The topological polar surface area (TPSA) is 56.3 Å². The highest BCUT2D eigenvalue weighted by Crippen LogP contribution is 2.31. The Labute approximate surface area is 139 Å². The molecule has 1 amide bonds. The molecule has 22 heavy (non-hydrogen) atoms. The Hall–Kier alpha value is -1.04. The van der Waals surface area contributed by atoms with Crippen molar-refractivity contribution in [2.75, 3.05) is 13.1 Å². The van der Waals surface area contributed by atoms with E-state index in [4.69, 9.17) is 11.6 Å². The Bertz CT molecular complexity index is 646. The first-order valence-electron chi connectivity index (χ1n) is 7.61. The third-order valence-electron chi connectivity index (χ3n) is 4.20. The lowest BCUT2D eigenvalue weighted by molar-refractivity contribution is 0.0357. The molecule has 1 fully saturated rings. The van der Waals surface area contributed by atoms with Gasteiger partial charge in [0.05, 0.1) is 20.2 Å². The van der Waals surface area contributed by atoms with E-state index in [0.717, 1.165) is 46.9 Å². The molecule has 6 heteroatoms. The van der Waals surface area contributed by atoms with Crippen molar-refractivity contribution < 1.29 is 9.90 Å². The average molecular weight is 341 g/mol. The van der Waals surface area contributed by atoms with Gasteiger partial charge in [0.15, 0.2) is 0 Å². The smallest absolute Gasteiger partial charge is 0.270 e. The fourth-order valence-corrected chi connectivity index (χ4v) is 4.37. The van der Waals surface area contributed by atoms with Gasteiger partial charge in [0, 0.05) is 13.1 Å². The molecule has 0 aliphatic carbocycles. The van der Waals surface area contributed by atoms with Gasteiger partial charge in [-0.2, -0.15) is 0 Å². The molecule has 0 saturated carbocycles. The van der Waals surface area contributed by atoms with E-state index in [1.165, 1.54) is 11.3 Å². The predicted molar refractivity (Wildman–Crippen MR) is 90.7 cm³/mol. The van der Waals surface area contributed by atoms with Gasteiger partial charge in [0.2, 0.25) is 0 Å². The van der Waals surface area contributed by atoms with Crippen LogP contribution in [0.25, 0.3) is 10.2 Å². The van der Waals surface area contributed by atoms with Gasteiger partial charge in [-0.1, -0.05) is 11.6 Å². The first-order chi connectivity index (χ1) is 10.3. The molecule has 0 radical (unpaired) electrons. The predicted octanol–water partition coefficient (Wildman–Crippen LogP) is 3.90. The van der Waals surface area contributed by atoms with Gasteiger partial charge in [-0.3, -0.25) is 4.79 Å². The molecule has 1 aliphatic rings. The highest BCUT2D eigenvalue weighted by Gasteiger charge is 2.28. The van der Waals surface area contributed by atoms with Crippen LogP contribution >= 0.6 is 22.9 Å². The van der Waals surface area contributed by atoms with Crippen molar-refractivity contribution >= 4 is 39.1 Å². The maximum Gasteiger partial charge on any atom is 0.270 e. The molecule has 120 valence electrons. The van der Waals surface area contributed by atoms with Crippen molar-refractivity contribution in [2.24, 2.45) is 5.92 Å². The molecule has 3 rings (SSSR count). The summed E-state index contributed by atoms with van der Waals surface area (Å²) in [6.45, 7) is 5.21. The lowest BCUT2D eigenvalue weighted by atomic mass is 9.86. The molecule has 2 aromatic rings. The number of carbonyl (C=O) groups excluding carboxylic acids is 1. The molecule has 1 aliphatic heterocycles. The fourth-order valence-electron chi connectivity index (χ4n) is 3.22. The van der Waals surface area contributed by atoms with E-state index in [9.17, 15) is 9.90 Å². The SMILES string of the molecule is CC(C)(O)CC1CCN(C(=O)c2cc3sc(Cl)cc3[nH]2)CC1. The van der Waals surface area contributed by atoms with Crippen LogP contribution in [-0.4, -0.2) is 39.6 Å². The van der Waals surface area contributed by atoms with Crippen LogP contribution in [0.5, 0.6) is 0 Å². The Morgan fingerprint density at radius 2 is 2.14 bits per heavy atom. The Balaban J connectivity index is 1.63. The fraction of sp³-hybridized carbons (Fsp3) is 0.562. The second-order valence-corrected chi connectivity index (χ2v) is 8.48. The van der Waals surface area contributed by atoms with Crippen LogP contribution in [-0.2, 0) is 0 Å². The van der Waals surface area contributed by atoms with Gasteiger partial charge in [-0.25, -0.2) is 0 Å². The largest absolute Gasteiger partial charge is 0.390 e. The van der Waals surface area contributed by atoms with Crippen LogP contribution in [0.3, 0.4) is 0 Å². The van der Waals surface area contributed by atoms with Crippen LogP contribution < -0.4 is 0 Å². The van der Waals surface area contributed by atoms with Crippen molar-refractivity contribution in [3.8, 4) is 0 Å². The zero-order chi connectivity index (χ0) is 15.9. The number of thiophene rings is 1. The molecular weight excluding hydrogens is 320 g/mol. The van der Waals surface area contributed by atoms with Crippen LogP contribution in [0.2, 0.25) is 4.34 Å². The number of hydrogen-bond donors (Lipinski definition) is 2. The summed E-state index contributed by atoms with van der Waals surface area (Å²) in [6.07, 6.45) is 2.71. The van der Waals surface area contributed by atoms with E-state index in [1.807, 2.05) is 30.9 Å². The molecule has 0 atom stereocenters. The highest BCUT2D eigenvalue weighted by atomic mass is 35.5. The third-order valence-corrected chi connectivity index (χ3v) is 5.41. The Morgan fingerprint density at radius 3 is 2.73 bits per heavy atom. The maximum absolute atomic E-state index is 12.6. The number of halogens is 1.